The van der Waals surface area contributed by atoms with Crippen molar-refractivity contribution in [1.82, 2.24) is 4.90 Å². The fourth-order valence-corrected chi connectivity index (χ4v) is 3.24. The first kappa shape index (κ1) is 22.0. The molecule has 0 bridgehead atoms. The summed E-state index contributed by atoms with van der Waals surface area (Å²) in [5.74, 6) is -0.954. The molecule has 8 nitrogen and oxygen atoms in total. The van der Waals surface area contributed by atoms with E-state index in [2.05, 4.69) is 5.32 Å². The van der Waals surface area contributed by atoms with Crippen LogP contribution in [0.3, 0.4) is 0 Å². The summed E-state index contributed by atoms with van der Waals surface area (Å²) < 4.78 is 10.1. The van der Waals surface area contributed by atoms with Crippen LogP contribution in [0, 0.1) is 6.92 Å². The minimum absolute atomic E-state index is 0.139. The molecule has 31 heavy (non-hydrogen) atoms. The largest absolute Gasteiger partial charge is 0.482 e. The molecule has 0 aliphatic carbocycles. The summed E-state index contributed by atoms with van der Waals surface area (Å²) >= 11 is 0. The normalized spacial score (nSPS) is 12.5. The number of nitrogens with one attached hydrogen (secondary N) is 1. The number of rotatable bonds is 9. The Balaban J connectivity index is 1.48. The zero-order valence-corrected chi connectivity index (χ0v) is 17.5. The topological polar surface area (TPSA) is 102 Å². The van der Waals surface area contributed by atoms with Gasteiger partial charge in [0.15, 0.2) is 6.61 Å². The second kappa shape index (κ2) is 9.88. The van der Waals surface area contributed by atoms with Gasteiger partial charge in [0.1, 0.15) is 5.75 Å². The molecule has 1 aliphatic heterocycles. The third-order valence-corrected chi connectivity index (χ3v) is 4.69. The molecule has 0 unspecified atom stereocenters. The number of ether oxygens (including phenoxy) is 2. The molecular weight excluding hydrogens is 400 g/mol. The highest BCUT2D eigenvalue weighted by atomic mass is 16.6. The fraction of sp³-hybridized carbons (Fsp3) is 0.304. The molecular formula is C23H24N2O6. The number of carbonyl (C=O) groups is 4. The first-order valence-electron chi connectivity index (χ1n) is 10.0. The number of anilines is 1. The van der Waals surface area contributed by atoms with Crippen LogP contribution in [0.4, 0.5) is 5.69 Å². The van der Waals surface area contributed by atoms with E-state index >= 15 is 0 Å². The van der Waals surface area contributed by atoms with Gasteiger partial charge in [0.05, 0.1) is 17.7 Å². The smallest absolute Gasteiger partial charge is 0.344 e. The number of hydrogen-bond acceptors (Lipinski definition) is 6. The van der Waals surface area contributed by atoms with Crippen molar-refractivity contribution in [3.05, 3.63) is 59.2 Å². The lowest BCUT2D eigenvalue weighted by Gasteiger charge is -2.13. The molecule has 0 atom stereocenters. The Kier molecular flexibility index (Phi) is 7.02. The van der Waals surface area contributed by atoms with E-state index in [-0.39, 0.29) is 43.9 Å². The predicted molar refractivity (Wildman–Crippen MR) is 113 cm³/mol. The molecule has 0 fully saturated rings. The maximum Gasteiger partial charge on any atom is 0.344 e. The Hall–Kier alpha value is -3.68. The Bertz CT molecular complexity index is 1020. The molecule has 8 heteroatoms. The first-order valence-corrected chi connectivity index (χ1v) is 10.0. The van der Waals surface area contributed by atoms with Gasteiger partial charge in [-0.1, -0.05) is 17.7 Å². The van der Waals surface area contributed by atoms with Crippen molar-refractivity contribution in [2.45, 2.75) is 26.7 Å². The number of imide groups is 1. The molecule has 0 saturated heterocycles. The highest BCUT2D eigenvalue weighted by Crippen LogP contribution is 2.24. The molecule has 0 aromatic heterocycles. The third-order valence-electron chi connectivity index (χ3n) is 4.69. The van der Waals surface area contributed by atoms with Crippen molar-refractivity contribution in [2.75, 3.05) is 25.1 Å². The van der Waals surface area contributed by atoms with Crippen molar-refractivity contribution >= 4 is 29.4 Å². The molecule has 0 spiro atoms. The van der Waals surface area contributed by atoms with E-state index in [4.69, 9.17) is 9.47 Å². The summed E-state index contributed by atoms with van der Waals surface area (Å²) in [6, 6.07) is 11.8. The highest BCUT2D eigenvalue weighted by Gasteiger charge is 2.34. The van der Waals surface area contributed by atoms with Crippen LogP contribution in [-0.4, -0.2) is 48.3 Å². The molecule has 3 rings (SSSR count). The zero-order valence-electron chi connectivity index (χ0n) is 17.5. The van der Waals surface area contributed by atoms with Crippen LogP contribution in [0.5, 0.6) is 5.75 Å². The minimum atomic E-state index is -0.472. The number of benzene rings is 2. The van der Waals surface area contributed by atoms with Gasteiger partial charge in [-0.3, -0.25) is 19.3 Å². The third kappa shape index (κ3) is 5.48. The van der Waals surface area contributed by atoms with Crippen LogP contribution in [-0.2, 0) is 14.3 Å². The predicted octanol–water partition coefficient (Wildman–Crippen LogP) is 2.95. The summed E-state index contributed by atoms with van der Waals surface area (Å²) in [5.41, 5.74) is 2.24. The van der Waals surface area contributed by atoms with E-state index in [1.807, 2.05) is 6.92 Å². The summed E-state index contributed by atoms with van der Waals surface area (Å²) in [5, 5.41) is 2.74. The molecule has 0 saturated carbocycles. The molecule has 2 aromatic rings. The monoisotopic (exact) mass is 424 g/mol. The number of aryl methyl sites for hydroxylation is 1. The minimum Gasteiger partial charge on any atom is -0.482 e. The standard InChI is InChI=1S/C23H24N2O6/c1-3-30-21(27)14-31-17-7-4-6-16(13-17)24-20(26)8-5-11-25-22(28)18-10-9-15(2)12-19(18)23(25)29/h4,6-7,9-10,12-13H,3,5,8,11,14H2,1-2H3,(H,24,26). The SMILES string of the molecule is CCOC(=O)COc1cccc(NC(=O)CCCN2C(=O)c3ccc(C)cc3C2=O)c1. The number of esters is 1. The van der Waals surface area contributed by atoms with E-state index in [1.165, 1.54) is 4.90 Å². The van der Waals surface area contributed by atoms with E-state index in [9.17, 15) is 19.2 Å². The molecule has 1 heterocycles. The lowest BCUT2D eigenvalue weighted by Crippen LogP contribution is -2.31. The summed E-state index contributed by atoms with van der Waals surface area (Å²) in [6.07, 6.45) is 0.482. The van der Waals surface area contributed by atoms with Gasteiger partial charge in [-0.05, 0) is 44.5 Å². The van der Waals surface area contributed by atoms with Crippen LogP contribution in [0.1, 0.15) is 46.0 Å². The second-order valence-corrected chi connectivity index (χ2v) is 7.08. The maximum atomic E-state index is 12.5. The van der Waals surface area contributed by atoms with Crippen molar-refractivity contribution in [3.8, 4) is 5.75 Å². The van der Waals surface area contributed by atoms with Crippen LogP contribution >= 0.6 is 0 Å². The quantitative estimate of drug-likeness (QED) is 0.491. The molecule has 1 aliphatic rings. The summed E-state index contributed by atoms with van der Waals surface area (Å²) in [4.78, 5) is 49.7. The summed E-state index contributed by atoms with van der Waals surface area (Å²) in [6.45, 7) is 3.80. The van der Waals surface area contributed by atoms with Crippen LogP contribution in [0.2, 0.25) is 0 Å². The van der Waals surface area contributed by atoms with Gasteiger partial charge >= 0.3 is 5.97 Å². The Labute approximate surface area is 180 Å². The number of hydrogen-bond donors (Lipinski definition) is 1. The van der Waals surface area contributed by atoms with Crippen molar-refractivity contribution in [2.24, 2.45) is 0 Å². The van der Waals surface area contributed by atoms with E-state index < -0.39 is 5.97 Å². The maximum absolute atomic E-state index is 12.5. The molecule has 2 aromatic carbocycles. The number of nitrogens with zero attached hydrogens (tertiary/aromatic N) is 1. The Morgan fingerprint density at radius 3 is 2.58 bits per heavy atom. The van der Waals surface area contributed by atoms with E-state index in [0.717, 1.165) is 5.56 Å². The van der Waals surface area contributed by atoms with Crippen LogP contribution < -0.4 is 10.1 Å². The van der Waals surface area contributed by atoms with Crippen molar-refractivity contribution in [3.63, 3.8) is 0 Å². The lowest BCUT2D eigenvalue weighted by molar-refractivity contribution is -0.145. The van der Waals surface area contributed by atoms with Gasteiger partial charge in [-0.25, -0.2) is 4.79 Å². The highest BCUT2D eigenvalue weighted by molar-refractivity contribution is 6.21. The Morgan fingerprint density at radius 2 is 1.81 bits per heavy atom. The Morgan fingerprint density at radius 1 is 1.03 bits per heavy atom. The van der Waals surface area contributed by atoms with E-state index in [0.29, 0.717) is 29.0 Å². The average molecular weight is 424 g/mol. The number of amides is 3. The molecule has 1 N–H and O–H groups in total. The van der Waals surface area contributed by atoms with Crippen LogP contribution in [0.15, 0.2) is 42.5 Å². The second-order valence-electron chi connectivity index (χ2n) is 7.08. The zero-order chi connectivity index (χ0) is 22.4. The van der Waals surface area contributed by atoms with Crippen molar-refractivity contribution < 1.29 is 28.7 Å². The van der Waals surface area contributed by atoms with Gasteiger partial charge in [-0.15, -0.1) is 0 Å². The lowest BCUT2D eigenvalue weighted by atomic mass is 10.1. The van der Waals surface area contributed by atoms with Gasteiger partial charge in [0.2, 0.25) is 5.91 Å². The summed E-state index contributed by atoms with van der Waals surface area (Å²) in [7, 11) is 0. The van der Waals surface area contributed by atoms with Crippen LogP contribution in [0.25, 0.3) is 0 Å². The fourth-order valence-electron chi connectivity index (χ4n) is 3.24. The molecule has 3 amide bonds. The number of fused-ring (bicyclic) bond motifs is 1. The molecule has 0 radical (unpaired) electrons. The van der Waals surface area contributed by atoms with Gasteiger partial charge < -0.3 is 14.8 Å². The van der Waals surface area contributed by atoms with Crippen molar-refractivity contribution in [1.29, 1.82) is 0 Å². The first-order chi connectivity index (χ1) is 14.9. The van der Waals surface area contributed by atoms with Gasteiger partial charge in [-0.2, -0.15) is 0 Å². The number of carbonyl (C=O) groups excluding carboxylic acids is 4. The average Bonchev–Trinajstić information content (AvgIpc) is 2.97. The van der Waals surface area contributed by atoms with Gasteiger partial charge in [0, 0.05) is 24.7 Å². The van der Waals surface area contributed by atoms with E-state index in [1.54, 1.807) is 49.4 Å². The molecule has 162 valence electrons. The van der Waals surface area contributed by atoms with Gasteiger partial charge in [0.25, 0.3) is 11.8 Å².